The van der Waals surface area contributed by atoms with Crippen molar-refractivity contribution in [2.24, 2.45) is 0 Å². The molecular formula is C6H4F8O4P-. The van der Waals surface area contributed by atoms with Crippen molar-refractivity contribution in [1.29, 1.82) is 0 Å². The molecule has 0 N–H and O–H groups in total. The van der Waals surface area contributed by atoms with Gasteiger partial charge < -0.3 is 0 Å². The monoisotopic (exact) mass is 323 g/mol. The summed E-state index contributed by atoms with van der Waals surface area (Å²) in [6.07, 6.45) is -11.7. The Labute approximate surface area is 98.5 Å². The van der Waals surface area contributed by atoms with E-state index in [0.29, 0.717) is 0 Å². The fourth-order valence-corrected chi connectivity index (χ4v) is 3.69. The molecule has 1 spiro atoms. The first kappa shape index (κ1) is 14.5. The van der Waals surface area contributed by atoms with Crippen molar-refractivity contribution in [3.8, 4) is 0 Å². The fourth-order valence-electron chi connectivity index (χ4n) is 1.40. The third-order valence-corrected chi connectivity index (χ3v) is 4.52. The summed E-state index contributed by atoms with van der Waals surface area (Å²) in [7, 11) is -8.50. The Morgan fingerprint density at radius 1 is 0.737 bits per heavy atom. The van der Waals surface area contributed by atoms with Gasteiger partial charge in [0.1, 0.15) is 0 Å². The van der Waals surface area contributed by atoms with Crippen molar-refractivity contribution in [3.63, 3.8) is 0 Å². The molecule has 13 heteroatoms. The van der Waals surface area contributed by atoms with Gasteiger partial charge >= 0.3 is 97.4 Å². The van der Waals surface area contributed by atoms with Crippen LogP contribution in [0.3, 0.4) is 0 Å². The first-order chi connectivity index (χ1) is 8.20. The van der Waals surface area contributed by atoms with Crippen LogP contribution in [0.1, 0.15) is 0 Å². The van der Waals surface area contributed by atoms with E-state index in [9.17, 15) is 34.7 Å². The summed E-state index contributed by atoms with van der Waals surface area (Å²) >= 11 is 0. The van der Waals surface area contributed by atoms with Crippen LogP contribution in [-0.2, 0) is 18.1 Å². The maximum absolute atomic E-state index is 14.0. The number of allylic oxidation sites excluding steroid dienone is 2. The molecule has 114 valence electrons. The second-order valence-corrected chi connectivity index (χ2v) is 6.57. The Kier molecular flexibility index (Phi) is 2.35. The molecule has 0 unspecified atom stereocenters. The van der Waals surface area contributed by atoms with Gasteiger partial charge in [-0.2, -0.15) is 0 Å². The van der Waals surface area contributed by atoms with Crippen molar-refractivity contribution in [3.05, 3.63) is 11.5 Å². The predicted molar refractivity (Wildman–Crippen MR) is 42.3 cm³/mol. The molecule has 0 aromatic rings. The van der Waals surface area contributed by atoms with Crippen LogP contribution < -0.4 is 0 Å². The van der Waals surface area contributed by atoms with Gasteiger partial charge in [0.2, 0.25) is 0 Å². The zero-order valence-electron chi connectivity index (χ0n) is 8.52. The molecule has 1 saturated heterocycles. The zero-order chi connectivity index (χ0) is 14.8. The number of hydrogen-bond acceptors (Lipinski definition) is 4. The van der Waals surface area contributed by atoms with E-state index in [1.165, 1.54) is 0 Å². The summed E-state index contributed by atoms with van der Waals surface area (Å²) < 4.78 is 116. The van der Waals surface area contributed by atoms with Crippen molar-refractivity contribution in [2.75, 3.05) is 13.2 Å². The average Bonchev–Trinajstić information content (AvgIpc) is 2.64. The van der Waals surface area contributed by atoms with E-state index in [-0.39, 0.29) is 0 Å². The molecule has 0 radical (unpaired) electrons. The Balaban J connectivity index is 2.56. The van der Waals surface area contributed by atoms with Gasteiger partial charge in [-0.3, -0.25) is 0 Å². The molecule has 2 aliphatic rings. The van der Waals surface area contributed by atoms with Gasteiger partial charge in [-0.25, -0.2) is 0 Å². The molecule has 2 heterocycles. The number of rotatable bonds is 0. The topological polar surface area (TPSA) is 36.9 Å². The summed E-state index contributed by atoms with van der Waals surface area (Å²) in [6.45, 7) is -1.95. The Morgan fingerprint density at radius 3 is 1.32 bits per heavy atom. The van der Waals surface area contributed by atoms with E-state index in [0.717, 1.165) is 0 Å². The minimum atomic E-state index is -8.50. The average molecular weight is 323 g/mol. The Morgan fingerprint density at radius 2 is 1.05 bits per heavy atom. The van der Waals surface area contributed by atoms with Crippen molar-refractivity contribution in [2.45, 2.75) is 12.4 Å². The third-order valence-electron chi connectivity index (χ3n) is 2.04. The quantitative estimate of drug-likeness (QED) is 0.500. The molecule has 1 fully saturated rings. The summed E-state index contributed by atoms with van der Waals surface area (Å²) in [4.78, 5) is 0. The molecule has 19 heavy (non-hydrogen) atoms. The van der Waals surface area contributed by atoms with Gasteiger partial charge in [0.05, 0.1) is 0 Å². The Bertz CT molecular complexity index is 435. The molecule has 0 aliphatic carbocycles. The number of halogens is 8. The maximum atomic E-state index is 14.0. The van der Waals surface area contributed by atoms with Crippen LogP contribution in [0.4, 0.5) is 34.7 Å². The second kappa shape index (κ2) is 3.07. The molecule has 0 atom stereocenters. The fraction of sp³-hybridized carbons (Fsp3) is 0.667. The van der Waals surface area contributed by atoms with Gasteiger partial charge in [-0.05, 0) is 0 Å². The van der Waals surface area contributed by atoms with Crippen molar-refractivity contribution < 1.29 is 52.8 Å². The van der Waals surface area contributed by atoms with Crippen molar-refractivity contribution in [1.82, 2.24) is 0 Å². The molecule has 0 aromatic heterocycles. The molecule has 2 aliphatic heterocycles. The van der Waals surface area contributed by atoms with Crippen LogP contribution in [-0.4, -0.2) is 25.6 Å². The van der Waals surface area contributed by atoms with E-state index in [1.54, 1.807) is 0 Å². The van der Waals surface area contributed by atoms with E-state index < -0.39 is 44.6 Å². The zero-order valence-corrected chi connectivity index (χ0v) is 9.41. The standard InChI is InChI=1S/C6H4F8O4P/c7-5(8,9)3-4(6(10,11)12)18-19(13,14,17-3)15-1-2-16-19/h1-2H2/q-1. The minimum absolute atomic E-state index is 0.973. The van der Waals surface area contributed by atoms with Crippen molar-refractivity contribution >= 4 is 7.47 Å². The first-order valence-corrected chi connectivity index (χ1v) is 6.57. The number of alkyl halides is 6. The molecule has 0 amide bonds. The summed E-state index contributed by atoms with van der Waals surface area (Å²) in [5.41, 5.74) is 0. The molecule has 0 aromatic carbocycles. The summed E-state index contributed by atoms with van der Waals surface area (Å²) in [5, 5.41) is 0. The normalized spacial score (nSPS) is 32.0. The van der Waals surface area contributed by atoms with E-state index in [2.05, 4.69) is 18.1 Å². The summed E-state index contributed by atoms with van der Waals surface area (Å²) in [6, 6.07) is 0. The third kappa shape index (κ3) is 2.21. The van der Waals surface area contributed by atoms with Crippen LogP contribution in [0.2, 0.25) is 0 Å². The van der Waals surface area contributed by atoms with E-state index in [1.807, 2.05) is 0 Å². The van der Waals surface area contributed by atoms with E-state index in [4.69, 9.17) is 0 Å². The SMILES string of the molecule is FC(F)(F)C1=C(C(F)(F)F)O[P-]2(F)(F)(OCCO2)O1. The molecular weight excluding hydrogens is 319 g/mol. The molecule has 2 rings (SSSR count). The van der Waals surface area contributed by atoms with Gasteiger partial charge in [0.15, 0.2) is 0 Å². The number of hydrogen-bond donors (Lipinski definition) is 0. The molecule has 0 saturated carbocycles. The molecule has 4 nitrogen and oxygen atoms in total. The van der Waals surface area contributed by atoms with Crippen LogP contribution in [0, 0.1) is 0 Å². The van der Waals surface area contributed by atoms with E-state index >= 15 is 0 Å². The van der Waals surface area contributed by atoms with Crippen LogP contribution in [0.15, 0.2) is 11.5 Å². The van der Waals surface area contributed by atoms with Crippen LogP contribution >= 0.6 is 7.47 Å². The second-order valence-electron chi connectivity index (χ2n) is 3.57. The van der Waals surface area contributed by atoms with Crippen LogP contribution in [0.25, 0.3) is 0 Å². The van der Waals surface area contributed by atoms with Crippen LogP contribution in [0.5, 0.6) is 0 Å². The van der Waals surface area contributed by atoms with Gasteiger partial charge in [-0.1, -0.05) is 0 Å². The van der Waals surface area contributed by atoms with Gasteiger partial charge in [0, 0.05) is 0 Å². The predicted octanol–water partition coefficient (Wildman–Crippen LogP) is 3.93. The first-order valence-electron chi connectivity index (χ1n) is 4.44. The van der Waals surface area contributed by atoms with Gasteiger partial charge in [0.25, 0.3) is 0 Å². The molecule has 0 bridgehead atoms. The summed E-state index contributed by atoms with van der Waals surface area (Å²) in [5.74, 6) is -6.05. The Hall–Kier alpha value is -0.870. The van der Waals surface area contributed by atoms with Gasteiger partial charge in [-0.15, -0.1) is 0 Å².